The fraction of sp³-hybridized carbons (Fsp3) is 0.583. The summed E-state index contributed by atoms with van der Waals surface area (Å²) in [6, 6.07) is 0.246. The zero-order valence-electron chi connectivity index (χ0n) is 11.7. The summed E-state index contributed by atoms with van der Waals surface area (Å²) in [6.45, 7) is -0.231. The van der Waals surface area contributed by atoms with Crippen LogP contribution in [0.5, 0.6) is 0 Å². The first-order valence-electron chi connectivity index (χ1n) is 6.67. The molecule has 2 aromatic rings. The molecule has 0 saturated heterocycles. The Morgan fingerprint density at radius 2 is 2.09 bits per heavy atom. The molecule has 0 amide bonds. The van der Waals surface area contributed by atoms with Gasteiger partial charge in [-0.15, -0.1) is 10.2 Å². The van der Waals surface area contributed by atoms with Gasteiger partial charge in [0.05, 0.1) is 6.20 Å². The van der Waals surface area contributed by atoms with Crippen LogP contribution in [0, 0.1) is 0 Å². The van der Waals surface area contributed by atoms with Gasteiger partial charge in [0, 0.05) is 24.4 Å². The SMILES string of the molecule is Cn1ncc(CSc2nnc(CO)n2C2CC2)c1C(F)(F)F. The number of aliphatic hydroxyl groups excluding tert-OH is 1. The Kier molecular flexibility index (Phi) is 3.89. The van der Waals surface area contributed by atoms with E-state index in [9.17, 15) is 18.3 Å². The van der Waals surface area contributed by atoms with Crippen molar-refractivity contribution in [1.29, 1.82) is 0 Å². The highest BCUT2D eigenvalue weighted by Gasteiger charge is 2.37. The molecule has 0 atom stereocenters. The first-order chi connectivity index (χ1) is 10.4. The van der Waals surface area contributed by atoms with Gasteiger partial charge >= 0.3 is 6.18 Å². The summed E-state index contributed by atoms with van der Waals surface area (Å²) in [5, 5.41) is 21.3. The van der Waals surface area contributed by atoms with Crippen LogP contribution in [0.4, 0.5) is 13.2 Å². The van der Waals surface area contributed by atoms with Gasteiger partial charge < -0.3 is 9.67 Å². The second-order valence-corrected chi connectivity index (χ2v) is 6.03. The van der Waals surface area contributed by atoms with Gasteiger partial charge in [-0.3, -0.25) is 4.68 Å². The number of hydrogen-bond donors (Lipinski definition) is 1. The molecular formula is C12H14F3N5OS. The molecule has 120 valence electrons. The van der Waals surface area contributed by atoms with Crippen molar-refractivity contribution in [3.63, 3.8) is 0 Å². The third kappa shape index (κ3) is 2.84. The molecular weight excluding hydrogens is 319 g/mol. The van der Waals surface area contributed by atoms with Crippen molar-refractivity contribution in [2.24, 2.45) is 7.05 Å². The third-order valence-corrected chi connectivity index (χ3v) is 4.42. The van der Waals surface area contributed by atoms with E-state index in [0.717, 1.165) is 17.5 Å². The van der Waals surface area contributed by atoms with Crippen molar-refractivity contribution in [2.75, 3.05) is 0 Å². The number of thioether (sulfide) groups is 1. The fourth-order valence-electron chi connectivity index (χ4n) is 2.31. The van der Waals surface area contributed by atoms with Gasteiger partial charge in [-0.1, -0.05) is 11.8 Å². The summed E-state index contributed by atoms with van der Waals surface area (Å²) >= 11 is 1.17. The number of aryl methyl sites for hydroxylation is 1. The second-order valence-electron chi connectivity index (χ2n) is 5.09. The predicted octanol–water partition coefficient (Wildman–Crippen LogP) is 2.15. The highest BCUT2D eigenvalue weighted by atomic mass is 32.2. The van der Waals surface area contributed by atoms with Gasteiger partial charge in [0.25, 0.3) is 0 Å². The Hall–Kier alpha value is -1.55. The summed E-state index contributed by atoms with van der Waals surface area (Å²) < 4.78 is 41.7. The normalized spacial score (nSPS) is 15.5. The van der Waals surface area contributed by atoms with E-state index < -0.39 is 11.9 Å². The number of alkyl halides is 3. The van der Waals surface area contributed by atoms with Gasteiger partial charge in [-0.05, 0) is 12.8 Å². The molecule has 1 aliphatic rings. The summed E-state index contributed by atoms with van der Waals surface area (Å²) in [5.41, 5.74) is -0.643. The van der Waals surface area contributed by atoms with Gasteiger partial charge in [0.15, 0.2) is 11.0 Å². The lowest BCUT2D eigenvalue weighted by molar-refractivity contribution is -0.144. The van der Waals surface area contributed by atoms with Crippen molar-refractivity contribution in [3.05, 3.63) is 23.3 Å². The van der Waals surface area contributed by atoms with Crippen LogP contribution in [0.25, 0.3) is 0 Å². The van der Waals surface area contributed by atoms with E-state index in [0.29, 0.717) is 11.0 Å². The minimum absolute atomic E-state index is 0.0962. The number of nitrogens with zero attached hydrogens (tertiary/aromatic N) is 5. The lowest BCUT2D eigenvalue weighted by Gasteiger charge is -2.10. The molecule has 0 aromatic carbocycles. The van der Waals surface area contributed by atoms with E-state index in [1.54, 1.807) is 0 Å². The number of halogens is 3. The maximum absolute atomic E-state index is 13.0. The molecule has 6 nitrogen and oxygen atoms in total. The Morgan fingerprint density at radius 1 is 1.36 bits per heavy atom. The molecule has 3 rings (SSSR count). The molecule has 1 aliphatic carbocycles. The maximum atomic E-state index is 13.0. The average molecular weight is 333 g/mol. The Labute approximate surface area is 128 Å². The predicted molar refractivity (Wildman–Crippen MR) is 72.0 cm³/mol. The highest BCUT2D eigenvalue weighted by Crippen LogP contribution is 2.40. The van der Waals surface area contributed by atoms with Gasteiger partial charge in [-0.25, -0.2) is 0 Å². The Balaban J connectivity index is 1.81. The van der Waals surface area contributed by atoms with Crippen LogP contribution in [0.15, 0.2) is 11.4 Å². The zero-order chi connectivity index (χ0) is 15.9. The van der Waals surface area contributed by atoms with Crippen molar-refractivity contribution in [1.82, 2.24) is 24.5 Å². The lowest BCUT2D eigenvalue weighted by Crippen LogP contribution is -2.14. The zero-order valence-corrected chi connectivity index (χ0v) is 12.5. The number of hydrogen-bond acceptors (Lipinski definition) is 5. The second kappa shape index (κ2) is 5.58. The summed E-state index contributed by atoms with van der Waals surface area (Å²) in [5.74, 6) is 0.547. The first-order valence-corrected chi connectivity index (χ1v) is 7.66. The summed E-state index contributed by atoms with van der Waals surface area (Å²) in [6.07, 6.45) is -1.28. The van der Waals surface area contributed by atoms with Gasteiger partial charge in [0.2, 0.25) is 0 Å². The van der Waals surface area contributed by atoms with E-state index in [1.807, 2.05) is 4.57 Å². The van der Waals surface area contributed by atoms with Crippen LogP contribution < -0.4 is 0 Å². The largest absolute Gasteiger partial charge is 0.433 e. The molecule has 0 spiro atoms. The van der Waals surface area contributed by atoms with Gasteiger partial charge in [-0.2, -0.15) is 18.3 Å². The number of aromatic nitrogens is 5. The number of aliphatic hydroxyl groups is 1. The Bertz CT molecular complexity index is 677. The molecule has 22 heavy (non-hydrogen) atoms. The van der Waals surface area contributed by atoms with Gasteiger partial charge in [0.1, 0.15) is 12.3 Å². The topological polar surface area (TPSA) is 68.8 Å². The van der Waals surface area contributed by atoms with Crippen LogP contribution >= 0.6 is 11.8 Å². The monoisotopic (exact) mass is 333 g/mol. The lowest BCUT2D eigenvalue weighted by atomic mass is 10.3. The van der Waals surface area contributed by atoms with E-state index in [2.05, 4.69) is 15.3 Å². The highest BCUT2D eigenvalue weighted by molar-refractivity contribution is 7.98. The smallest absolute Gasteiger partial charge is 0.388 e. The minimum Gasteiger partial charge on any atom is -0.388 e. The van der Waals surface area contributed by atoms with E-state index in [1.165, 1.54) is 25.0 Å². The molecule has 10 heteroatoms. The van der Waals surface area contributed by atoms with Crippen molar-refractivity contribution in [3.8, 4) is 0 Å². The van der Waals surface area contributed by atoms with Crippen LogP contribution in [0.2, 0.25) is 0 Å². The van der Waals surface area contributed by atoms with Crippen molar-refractivity contribution >= 4 is 11.8 Å². The van der Waals surface area contributed by atoms with E-state index >= 15 is 0 Å². The molecule has 1 saturated carbocycles. The Morgan fingerprint density at radius 3 is 2.68 bits per heavy atom. The van der Waals surface area contributed by atoms with Crippen molar-refractivity contribution in [2.45, 2.75) is 42.6 Å². The molecule has 1 fully saturated rings. The minimum atomic E-state index is -4.44. The van der Waals surface area contributed by atoms with Crippen LogP contribution in [0.1, 0.15) is 36.0 Å². The van der Waals surface area contributed by atoms with Crippen LogP contribution in [-0.2, 0) is 25.6 Å². The van der Waals surface area contributed by atoms with Crippen LogP contribution in [-0.4, -0.2) is 29.7 Å². The molecule has 0 unspecified atom stereocenters. The first kappa shape index (κ1) is 15.3. The average Bonchev–Trinajstić information content (AvgIpc) is 3.08. The molecule has 0 bridgehead atoms. The standard InChI is InChI=1S/C12H14F3N5OS/c1-19-10(12(13,14)15)7(4-16-19)6-22-11-18-17-9(5-21)20(11)8-2-3-8/h4,8,21H,2-3,5-6H2,1H3. The number of rotatable bonds is 5. The molecule has 2 heterocycles. The summed E-state index contributed by atoms with van der Waals surface area (Å²) in [4.78, 5) is 0. The third-order valence-electron chi connectivity index (χ3n) is 3.43. The fourth-order valence-corrected chi connectivity index (χ4v) is 3.30. The molecule has 2 aromatic heterocycles. The maximum Gasteiger partial charge on any atom is 0.433 e. The van der Waals surface area contributed by atoms with E-state index in [-0.39, 0.29) is 24.0 Å². The quantitative estimate of drug-likeness (QED) is 0.849. The van der Waals surface area contributed by atoms with Crippen LogP contribution in [0.3, 0.4) is 0 Å². The summed E-state index contributed by atoms with van der Waals surface area (Å²) in [7, 11) is 1.27. The molecule has 0 aliphatic heterocycles. The molecule has 1 N–H and O–H groups in total. The van der Waals surface area contributed by atoms with E-state index in [4.69, 9.17) is 0 Å². The van der Waals surface area contributed by atoms with Crippen molar-refractivity contribution < 1.29 is 18.3 Å². The molecule has 0 radical (unpaired) electrons.